The quantitative estimate of drug-likeness (QED) is 0.660. The minimum Gasteiger partial charge on any atom is -0.508 e. The Labute approximate surface area is 139 Å². The number of fused-ring (bicyclic) bond motifs is 4. The molecule has 24 heavy (non-hydrogen) atoms. The highest BCUT2D eigenvalue weighted by molar-refractivity contribution is 6.20. The summed E-state index contributed by atoms with van der Waals surface area (Å²) in [5, 5.41) is 20.0. The number of carbonyl (C=O) groups excluding carboxylic acids is 1. The predicted octanol–water partition coefficient (Wildman–Crippen LogP) is 3.92. The van der Waals surface area contributed by atoms with Crippen LogP contribution in [0.25, 0.3) is 10.9 Å². The number of carbonyl (C=O) groups is 1. The van der Waals surface area contributed by atoms with E-state index >= 15 is 0 Å². The van der Waals surface area contributed by atoms with E-state index < -0.39 is 5.41 Å². The minimum atomic E-state index is -0.449. The van der Waals surface area contributed by atoms with Crippen LogP contribution in [0.4, 0.5) is 0 Å². The number of aromatic amines is 1. The van der Waals surface area contributed by atoms with Gasteiger partial charge in [0.1, 0.15) is 5.75 Å². The van der Waals surface area contributed by atoms with Crippen LogP contribution in [-0.2, 0) is 5.41 Å². The van der Waals surface area contributed by atoms with Gasteiger partial charge in [0.15, 0.2) is 5.78 Å². The first kappa shape index (κ1) is 14.5. The Morgan fingerprint density at radius 3 is 2.67 bits per heavy atom. The number of hydrogen-bond donors (Lipinski definition) is 2. The van der Waals surface area contributed by atoms with Crippen molar-refractivity contribution in [1.29, 1.82) is 5.26 Å². The van der Waals surface area contributed by atoms with Crippen LogP contribution in [0.1, 0.15) is 52.2 Å². The molecule has 0 radical (unpaired) electrons. The van der Waals surface area contributed by atoms with Gasteiger partial charge in [0.25, 0.3) is 0 Å². The molecule has 0 amide bonds. The van der Waals surface area contributed by atoms with Crippen LogP contribution in [0, 0.1) is 18.3 Å². The molecule has 4 nitrogen and oxygen atoms in total. The third-order valence-electron chi connectivity index (χ3n) is 5.03. The SMILES string of the molecule is Cc1cc2c(cc1O)C(C)(C)c1[nH]c3cc(C#N)ccc3c1C2=O. The predicted molar refractivity (Wildman–Crippen MR) is 91.4 cm³/mol. The Kier molecular flexibility index (Phi) is 2.71. The second-order valence-electron chi connectivity index (χ2n) is 6.89. The van der Waals surface area contributed by atoms with Crippen molar-refractivity contribution < 1.29 is 9.90 Å². The van der Waals surface area contributed by atoms with Crippen LogP contribution in [0.15, 0.2) is 30.3 Å². The first-order valence-electron chi connectivity index (χ1n) is 7.79. The standard InChI is InChI=1S/C20H16N2O2/c1-10-6-13-14(8-16(10)23)20(2,3)19-17(18(13)24)12-5-4-11(9-21)7-15(12)22-19/h4-8,22-23H,1-3H3. The van der Waals surface area contributed by atoms with Gasteiger partial charge in [-0.3, -0.25) is 4.79 Å². The zero-order chi connectivity index (χ0) is 17.2. The average molecular weight is 316 g/mol. The van der Waals surface area contributed by atoms with Crippen LogP contribution < -0.4 is 0 Å². The number of nitrogens with one attached hydrogen (secondary N) is 1. The highest BCUT2D eigenvalue weighted by Crippen LogP contribution is 2.45. The largest absolute Gasteiger partial charge is 0.508 e. The molecule has 0 aliphatic heterocycles. The Balaban J connectivity index is 2.10. The zero-order valence-electron chi connectivity index (χ0n) is 13.7. The third kappa shape index (κ3) is 1.70. The Hall–Kier alpha value is -3.06. The average Bonchev–Trinajstić information content (AvgIpc) is 2.94. The first-order chi connectivity index (χ1) is 11.3. The molecule has 0 fully saturated rings. The van der Waals surface area contributed by atoms with Crippen molar-refractivity contribution in [3.05, 3.63) is 63.8 Å². The highest BCUT2D eigenvalue weighted by Gasteiger charge is 2.40. The number of nitrogens with zero attached hydrogens (tertiary/aromatic N) is 1. The molecular weight excluding hydrogens is 300 g/mol. The second kappa shape index (κ2) is 4.48. The molecule has 3 aromatic rings. The topological polar surface area (TPSA) is 76.9 Å². The van der Waals surface area contributed by atoms with Gasteiger partial charge in [0.05, 0.1) is 17.2 Å². The van der Waals surface area contributed by atoms with Crippen molar-refractivity contribution in [1.82, 2.24) is 4.98 Å². The zero-order valence-corrected chi connectivity index (χ0v) is 13.7. The maximum Gasteiger partial charge on any atom is 0.195 e. The van der Waals surface area contributed by atoms with E-state index in [1.807, 2.05) is 19.9 Å². The number of aromatic nitrogens is 1. The number of ketones is 1. The number of H-pyrrole nitrogens is 1. The van der Waals surface area contributed by atoms with Gasteiger partial charge in [-0.15, -0.1) is 0 Å². The summed E-state index contributed by atoms with van der Waals surface area (Å²) in [5.74, 6) is 0.152. The summed E-state index contributed by atoms with van der Waals surface area (Å²) < 4.78 is 0. The van der Waals surface area contributed by atoms with Gasteiger partial charge in [0, 0.05) is 27.6 Å². The molecular formula is C20H16N2O2. The van der Waals surface area contributed by atoms with Crippen LogP contribution in [-0.4, -0.2) is 15.9 Å². The van der Waals surface area contributed by atoms with Crippen molar-refractivity contribution in [2.75, 3.05) is 0 Å². The van der Waals surface area contributed by atoms with Gasteiger partial charge >= 0.3 is 0 Å². The lowest BCUT2D eigenvalue weighted by Crippen LogP contribution is -2.30. The molecule has 1 heterocycles. The molecule has 4 heteroatoms. The fraction of sp³-hybridized carbons (Fsp3) is 0.200. The molecule has 4 rings (SSSR count). The van der Waals surface area contributed by atoms with Crippen LogP contribution in [0.3, 0.4) is 0 Å². The lowest BCUT2D eigenvalue weighted by molar-refractivity contribution is 0.103. The molecule has 2 N–H and O–H groups in total. The molecule has 1 aliphatic rings. The number of aryl methyl sites for hydroxylation is 1. The smallest absolute Gasteiger partial charge is 0.195 e. The summed E-state index contributed by atoms with van der Waals surface area (Å²) in [6.07, 6.45) is 0. The molecule has 0 saturated carbocycles. The number of rotatable bonds is 0. The van der Waals surface area contributed by atoms with Crippen molar-refractivity contribution in [3.63, 3.8) is 0 Å². The highest BCUT2D eigenvalue weighted by atomic mass is 16.3. The minimum absolute atomic E-state index is 0.0432. The van der Waals surface area contributed by atoms with Gasteiger partial charge in [-0.25, -0.2) is 0 Å². The van der Waals surface area contributed by atoms with Crippen molar-refractivity contribution in [3.8, 4) is 11.8 Å². The number of phenolic OH excluding ortho intramolecular Hbond substituents is 1. The van der Waals surface area contributed by atoms with E-state index in [9.17, 15) is 9.90 Å². The van der Waals surface area contributed by atoms with Gasteiger partial charge in [-0.05, 0) is 42.3 Å². The lowest BCUT2D eigenvalue weighted by atomic mass is 9.71. The summed E-state index contributed by atoms with van der Waals surface area (Å²) in [4.78, 5) is 16.5. The normalized spacial score (nSPS) is 15.0. The number of hydrogen-bond acceptors (Lipinski definition) is 3. The Morgan fingerprint density at radius 2 is 1.96 bits per heavy atom. The summed E-state index contributed by atoms with van der Waals surface area (Å²) in [5.41, 5.74) is 4.52. The molecule has 2 aromatic carbocycles. The molecule has 0 saturated heterocycles. The van der Waals surface area contributed by atoms with Gasteiger partial charge < -0.3 is 10.1 Å². The van der Waals surface area contributed by atoms with Gasteiger partial charge in [-0.2, -0.15) is 5.26 Å². The van der Waals surface area contributed by atoms with E-state index in [1.165, 1.54) is 0 Å². The van der Waals surface area contributed by atoms with E-state index in [0.29, 0.717) is 22.3 Å². The van der Waals surface area contributed by atoms with Crippen LogP contribution in [0.2, 0.25) is 0 Å². The lowest BCUT2D eigenvalue weighted by Gasteiger charge is -2.32. The van der Waals surface area contributed by atoms with Crippen molar-refractivity contribution >= 4 is 16.7 Å². The third-order valence-corrected chi connectivity index (χ3v) is 5.03. The maximum atomic E-state index is 13.1. The van der Waals surface area contributed by atoms with E-state index in [4.69, 9.17) is 5.26 Å². The molecule has 0 spiro atoms. The molecule has 0 unspecified atom stereocenters. The van der Waals surface area contributed by atoms with Gasteiger partial charge in [0.2, 0.25) is 0 Å². The van der Waals surface area contributed by atoms with Crippen LogP contribution >= 0.6 is 0 Å². The van der Waals surface area contributed by atoms with E-state index in [1.54, 1.807) is 31.2 Å². The van der Waals surface area contributed by atoms with Gasteiger partial charge in [-0.1, -0.05) is 19.9 Å². The summed E-state index contributed by atoms with van der Waals surface area (Å²) in [6, 6.07) is 10.9. The van der Waals surface area contributed by atoms with E-state index in [0.717, 1.165) is 22.2 Å². The number of aromatic hydroxyl groups is 1. The van der Waals surface area contributed by atoms with Crippen LogP contribution in [0.5, 0.6) is 5.75 Å². The maximum absolute atomic E-state index is 13.1. The number of phenols is 1. The fourth-order valence-corrected chi connectivity index (χ4v) is 3.64. The molecule has 1 aliphatic carbocycles. The molecule has 0 atom stereocenters. The van der Waals surface area contributed by atoms with Crippen molar-refractivity contribution in [2.24, 2.45) is 0 Å². The molecule has 1 aromatic heterocycles. The van der Waals surface area contributed by atoms with E-state index in [-0.39, 0.29) is 11.5 Å². The summed E-state index contributed by atoms with van der Waals surface area (Å²) in [7, 11) is 0. The van der Waals surface area contributed by atoms with Crippen molar-refractivity contribution in [2.45, 2.75) is 26.2 Å². The fourth-order valence-electron chi connectivity index (χ4n) is 3.64. The summed E-state index contributed by atoms with van der Waals surface area (Å²) in [6.45, 7) is 5.86. The summed E-state index contributed by atoms with van der Waals surface area (Å²) >= 11 is 0. The molecule has 0 bridgehead atoms. The number of benzene rings is 2. The Bertz CT molecular complexity index is 1080. The number of nitriles is 1. The first-order valence-corrected chi connectivity index (χ1v) is 7.79. The van der Waals surface area contributed by atoms with E-state index in [2.05, 4.69) is 11.1 Å². The monoisotopic (exact) mass is 316 g/mol. The Morgan fingerprint density at radius 1 is 1.21 bits per heavy atom. The molecule has 118 valence electrons. The second-order valence-corrected chi connectivity index (χ2v) is 6.89.